The Bertz CT molecular complexity index is 547. The average molecular weight is 258 g/mol. The monoisotopic (exact) mass is 258 g/mol. The summed E-state index contributed by atoms with van der Waals surface area (Å²) < 4.78 is 10.7. The molecule has 1 fully saturated rings. The predicted octanol–water partition coefficient (Wildman–Crippen LogP) is 3.04. The van der Waals surface area contributed by atoms with Gasteiger partial charge in [0.05, 0.1) is 31.3 Å². The molecule has 1 heterocycles. The fraction of sp³-hybridized carbons (Fsp3) is 0.333. The van der Waals surface area contributed by atoms with E-state index in [0.717, 1.165) is 29.4 Å². The number of nitrogen functional groups attached to an aromatic ring is 1. The molecule has 1 aromatic heterocycles. The molecular weight excluding hydrogens is 240 g/mol. The molecule has 0 atom stereocenters. The highest BCUT2D eigenvalue weighted by molar-refractivity contribution is 5.70. The molecule has 0 spiro atoms. The van der Waals surface area contributed by atoms with E-state index in [1.165, 1.54) is 12.8 Å². The van der Waals surface area contributed by atoms with Crippen molar-refractivity contribution in [3.05, 3.63) is 42.4 Å². The predicted molar refractivity (Wildman–Crippen MR) is 75.3 cm³/mol. The zero-order valence-electron chi connectivity index (χ0n) is 11.0. The lowest BCUT2D eigenvalue weighted by Gasteiger charge is -2.25. The zero-order valence-corrected chi connectivity index (χ0v) is 11.0. The van der Waals surface area contributed by atoms with E-state index < -0.39 is 0 Å². The number of methoxy groups -OCH3 is 1. The van der Waals surface area contributed by atoms with Crippen molar-refractivity contribution < 1.29 is 9.15 Å². The smallest absolute Gasteiger partial charge is 0.123 e. The van der Waals surface area contributed by atoms with Gasteiger partial charge in [-0.2, -0.15) is 0 Å². The number of benzene rings is 1. The summed E-state index contributed by atoms with van der Waals surface area (Å²) in [6, 6.07) is 10.2. The highest BCUT2D eigenvalue weighted by Gasteiger charge is 2.31. The van der Waals surface area contributed by atoms with Crippen molar-refractivity contribution in [3.8, 4) is 5.75 Å². The van der Waals surface area contributed by atoms with Crippen LogP contribution in [0.3, 0.4) is 0 Å². The summed E-state index contributed by atoms with van der Waals surface area (Å²) in [5.74, 6) is 1.78. The van der Waals surface area contributed by atoms with Crippen LogP contribution in [0.4, 0.5) is 11.4 Å². The van der Waals surface area contributed by atoms with Crippen molar-refractivity contribution in [2.45, 2.75) is 25.4 Å². The van der Waals surface area contributed by atoms with Gasteiger partial charge in [0, 0.05) is 12.1 Å². The molecule has 1 saturated carbocycles. The molecule has 100 valence electrons. The van der Waals surface area contributed by atoms with E-state index in [9.17, 15) is 0 Å². The summed E-state index contributed by atoms with van der Waals surface area (Å²) in [4.78, 5) is 2.30. The third-order valence-corrected chi connectivity index (χ3v) is 3.44. The SMILES string of the molecule is COc1ccc(N)c(N(Cc2ccco2)C2CC2)c1. The van der Waals surface area contributed by atoms with E-state index in [2.05, 4.69) is 4.90 Å². The molecule has 1 aromatic carbocycles. The van der Waals surface area contributed by atoms with Gasteiger partial charge in [-0.05, 0) is 37.1 Å². The van der Waals surface area contributed by atoms with Crippen LogP contribution in [0.5, 0.6) is 5.75 Å². The Balaban J connectivity index is 1.91. The molecule has 0 bridgehead atoms. The second-order valence-electron chi connectivity index (χ2n) is 4.86. The normalized spacial score (nSPS) is 14.4. The minimum atomic E-state index is 0.555. The van der Waals surface area contributed by atoms with Crippen LogP contribution in [0.2, 0.25) is 0 Å². The molecule has 2 N–H and O–H groups in total. The number of nitrogens with zero attached hydrogens (tertiary/aromatic N) is 1. The molecule has 3 rings (SSSR count). The fourth-order valence-electron chi connectivity index (χ4n) is 2.27. The Morgan fingerprint density at radius 2 is 2.21 bits per heavy atom. The lowest BCUT2D eigenvalue weighted by molar-refractivity contribution is 0.414. The first-order chi connectivity index (χ1) is 9.28. The van der Waals surface area contributed by atoms with E-state index in [1.54, 1.807) is 13.4 Å². The molecule has 0 aliphatic heterocycles. The van der Waals surface area contributed by atoms with E-state index >= 15 is 0 Å². The maximum Gasteiger partial charge on any atom is 0.123 e. The standard InChI is InChI=1S/C15H18N2O2/c1-18-12-6-7-14(16)15(9-12)17(11-4-5-11)10-13-3-2-8-19-13/h2-3,6-9,11H,4-5,10,16H2,1H3. The number of hydrogen-bond acceptors (Lipinski definition) is 4. The van der Waals surface area contributed by atoms with Crippen LogP contribution in [-0.4, -0.2) is 13.2 Å². The van der Waals surface area contributed by atoms with Gasteiger partial charge in [-0.1, -0.05) is 0 Å². The first kappa shape index (κ1) is 12.0. The van der Waals surface area contributed by atoms with Gasteiger partial charge in [-0.3, -0.25) is 0 Å². The van der Waals surface area contributed by atoms with Gasteiger partial charge in [0.15, 0.2) is 0 Å². The van der Waals surface area contributed by atoms with Gasteiger partial charge in [-0.15, -0.1) is 0 Å². The Morgan fingerprint density at radius 1 is 1.37 bits per heavy atom. The summed E-state index contributed by atoms with van der Waals surface area (Å²) in [5.41, 5.74) is 7.91. The summed E-state index contributed by atoms with van der Waals surface area (Å²) in [6.07, 6.45) is 4.12. The number of furan rings is 1. The minimum absolute atomic E-state index is 0.555. The Morgan fingerprint density at radius 3 is 2.84 bits per heavy atom. The highest BCUT2D eigenvalue weighted by atomic mass is 16.5. The highest BCUT2D eigenvalue weighted by Crippen LogP contribution is 2.37. The summed E-state index contributed by atoms with van der Waals surface area (Å²) in [5, 5.41) is 0. The van der Waals surface area contributed by atoms with Crippen molar-refractivity contribution in [1.29, 1.82) is 0 Å². The van der Waals surface area contributed by atoms with Gasteiger partial charge >= 0.3 is 0 Å². The van der Waals surface area contributed by atoms with Gasteiger partial charge in [0.1, 0.15) is 11.5 Å². The first-order valence-electron chi connectivity index (χ1n) is 6.50. The molecule has 19 heavy (non-hydrogen) atoms. The van der Waals surface area contributed by atoms with Gasteiger partial charge in [-0.25, -0.2) is 0 Å². The quantitative estimate of drug-likeness (QED) is 0.837. The van der Waals surface area contributed by atoms with Crippen LogP contribution in [0.15, 0.2) is 41.0 Å². The van der Waals surface area contributed by atoms with Crippen LogP contribution in [0, 0.1) is 0 Å². The fourth-order valence-corrected chi connectivity index (χ4v) is 2.27. The maximum absolute atomic E-state index is 6.11. The van der Waals surface area contributed by atoms with Crippen molar-refractivity contribution in [2.24, 2.45) is 0 Å². The second kappa shape index (κ2) is 4.88. The average Bonchev–Trinajstić information content (AvgIpc) is 3.14. The van der Waals surface area contributed by atoms with Gasteiger partial charge < -0.3 is 19.8 Å². The van der Waals surface area contributed by atoms with E-state index in [1.807, 2.05) is 30.3 Å². The third kappa shape index (κ3) is 2.52. The number of ether oxygens (including phenoxy) is 1. The van der Waals surface area contributed by atoms with Crippen LogP contribution in [0.25, 0.3) is 0 Å². The summed E-state index contributed by atoms with van der Waals surface area (Å²) in [6.45, 7) is 0.745. The van der Waals surface area contributed by atoms with E-state index in [4.69, 9.17) is 14.9 Å². The molecule has 2 aromatic rings. The summed E-state index contributed by atoms with van der Waals surface area (Å²) in [7, 11) is 1.67. The molecule has 0 amide bonds. The number of anilines is 2. The van der Waals surface area contributed by atoms with Gasteiger partial charge in [0.2, 0.25) is 0 Å². The summed E-state index contributed by atoms with van der Waals surface area (Å²) >= 11 is 0. The molecular formula is C15H18N2O2. The zero-order chi connectivity index (χ0) is 13.2. The van der Waals surface area contributed by atoms with E-state index in [0.29, 0.717) is 6.04 Å². The van der Waals surface area contributed by atoms with Gasteiger partial charge in [0.25, 0.3) is 0 Å². The Labute approximate surface area is 112 Å². The minimum Gasteiger partial charge on any atom is -0.497 e. The van der Waals surface area contributed by atoms with E-state index in [-0.39, 0.29) is 0 Å². The third-order valence-electron chi connectivity index (χ3n) is 3.44. The number of nitrogens with two attached hydrogens (primary N) is 1. The molecule has 1 aliphatic rings. The molecule has 0 radical (unpaired) electrons. The lowest BCUT2D eigenvalue weighted by atomic mass is 10.2. The van der Waals surface area contributed by atoms with Crippen LogP contribution in [-0.2, 0) is 6.54 Å². The lowest BCUT2D eigenvalue weighted by Crippen LogP contribution is -2.25. The second-order valence-corrected chi connectivity index (χ2v) is 4.86. The van der Waals surface area contributed by atoms with Crippen molar-refractivity contribution >= 4 is 11.4 Å². The largest absolute Gasteiger partial charge is 0.497 e. The Hall–Kier alpha value is -2.10. The maximum atomic E-state index is 6.11. The number of rotatable bonds is 5. The van der Waals surface area contributed by atoms with Crippen LogP contribution < -0.4 is 15.4 Å². The molecule has 0 unspecified atom stereocenters. The van der Waals surface area contributed by atoms with Crippen LogP contribution in [0.1, 0.15) is 18.6 Å². The number of hydrogen-bond donors (Lipinski definition) is 1. The first-order valence-corrected chi connectivity index (χ1v) is 6.50. The van der Waals surface area contributed by atoms with Crippen LogP contribution >= 0.6 is 0 Å². The van der Waals surface area contributed by atoms with Crippen molar-refractivity contribution in [2.75, 3.05) is 17.7 Å². The molecule has 4 heteroatoms. The molecule has 4 nitrogen and oxygen atoms in total. The Kier molecular flexibility index (Phi) is 3.07. The molecule has 0 saturated heterocycles. The molecule has 1 aliphatic carbocycles. The van der Waals surface area contributed by atoms with Crippen molar-refractivity contribution in [3.63, 3.8) is 0 Å². The van der Waals surface area contributed by atoms with Crippen molar-refractivity contribution in [1.82, 2.24) is 0 Å². The topological polar surface area (TPSA) is 51.6 Å².